The van der Waals surface area contributed by atoms with Crippen molar-refractivity contribution in [2.45, 2.75) is 26.2 Å². The van der Waals surface area contributed by atoms with Crippen LogP contribution >= 0.6 is 0 Å². The lowest BCUT2D eigenvalue weighted by Gasteiger charge is -2.06. The van der Waals surface area contributed by atoms with Crippen LogP contribution in [0.4, 0.5) is 0 Å². The fourth-order valence-corrected chi connectivity index (χ4v) is 0.852. The Morgan fingerprint density at radius 1 is 1.00 bits per heavy atom. The zero-order valence-corrected chi connectivity index (χ0v) is 8.58. The topological polar surface area (TPSA) is 28.0 Å². The quantitative estimate of drug-likeness (QED) is 0.426. The molecule has 0 fully saturated rings. The van der Waals surface area contributed by atoms with Gasteiger partial charge in [-0.15, -0.1) is 0 Å². The Morgan fingerprint density at radius 3 is 2.25 bits per heavy atom. The second kappa shape index (κ2) is 8.65. The zero-order valence-electron chi connectivity index (χ0n) is 8.58. The van der Waals surface area contributed by atoms with Gasteiger partial charge in [0.1, 0.15) is 0 Å². The molecule has 0 unspecified atom stereocenters. The number of nitrogens with zero attached hydrogens (tertiary/aromatic N) is 3. The summed E-state index contributed by atoms with van der Waals surface area (Å²) in [7, 11) is 4.19. The smallest absolute Gasteiger partial charge is 0.0599 e. The lowest BCUT2D eigenvalue weighted by molar-refractivity contribution is 0.395. The van der Waals surface area contributed by atoms with E-state index in [4.69, 9.17) is 0 Å². The van der Waals surface area contributed by atoms with Crippen LogP contribution in [0.2, 0.25) is 0 Å². The molecule has 0 aliphatic carbocycles. The molecule has 0 radical (unpaired) electrons. The van der Waals surface area contributed by atoms with Crippen molar-refractivity contribution < 1.29 is 0 Å². The van der Waals surface area contributed by atoms with Crippen molar-refractivity contribution in [2.75, 3.05) is 33.7 Å². The molecule has 0 saturated heterocycles. The fourth-order valence-electron chi connectivity index (χ4n) is 0.852. The third-order valence-electron chi connectivity index (χ3n) is 1.54. The van der Waals surface area contributed by atoms with Gasteiger partial charge in [-0.3, -0.25) is 0 Å². The van der Waals surface area contributed by atoms with Crippen LogP contribution in [0.3, 0.4) is 0 Å². The zero-order chi connectivity index (χ0) is 9.23. The summed E-state index contributed by atoms with van der Waals surface area (Å²) in [5.74, 6) is 0. The van der Waals surface area contributed by atoms with Crippen LogP contribution < -0.4 is 0 Å². The average molecular weight is 171 g/mol. The summed E-state index contributed by atoms with van der Waals surface area (Å²) in [6.45, 7) is 5.05. The van der Waals surface area contributed by atoms with Gasteiger partial charge in [0.15, 0.2) is 0 Å². The molecule has 0 aliphatic heterocycles. The molecular weight excluding hydrogens is 150 g/mol. The Balaban J connectivity index is 3.00. The third kappa shape index (κ3) is 9.56. The molecule has 0 N–H and O–H groups in total. The van der Waals surface area contributed by atoms with Gasteiger partial charge in [-0.25, -0.2) is 0 Å². The van der Waals surface area contributed by atoms with E-state index in [0.29, 0.717) is 0 Å². The average Bonchev–Trinajstić information content (AvgIpc) is 2.02. The van der Waals surface area contributed by atoms with Crippen molar-refractivity contribution in [1.82, 2.24) is 4.90 Å². The van der Waals surface area contributed by atoms with Gasteiger partial charge in [0, 0.05) is 0 Å². The highest BCUT2D eigenvalue weighted by atomic mass is 15.1. The van der Waals surface area contributed by atoms with Gasteiger partial charge in [-0.05, 0) is 39.9 Å². The molecule has 0 saturated carbocycles. The van der Waals surface area contributed by atoms with Crippen molar-refractivity contribution in [3.63, 3.8) is 0 Å². The van der Waals surface area contributed by atoms with Crippen LogP contribution in [0.15, 0.2) is 10.2 Å². The summed E-state index contributed by atoms with van der Waals surface area (Å²) < 4.78 is 0. The maximum Gasteiger partial charge on any atom is 0.0599 e. The second-order valence-electron chi connectivity index (χ2n) is 3.24. The van der Waals surface area contributed by atoms with E-state index in [2.05, 4.69) is 36.1 Å². The van der Waals surface area contributed by atoms with Gasteiger partial charge in [-0.2, -0.15) is 10.2 Å². The number of hydrogen-bond donors (Lipinski definition) is 0. The van der Waals surface area contributed by atoms with Crippen molar-refractivity contribution in [3.8, 4) is 0 Å². The molecule has 0 aromatic heterocycles. The molecule has 0 spiro atoms. The first kappa shape index (κ1) is 11.6. The van der Waals surface area contributed by atoms with E-state index in [1.165, 1.54) is 6.42 Å². The minimum atomic E-state index is 0.883. The predicted octanol–water partition coefficient (Wildman–Crippen LogP) is 2.19. The molecule has 72 valence electrons. The molecule has 12 heavy (non-hydrogen) atoms. The lowest BCUT2D eigenvalue weighted by Crippen LogP contribution is -2.12. The summed E-state index contributed by atoms with van der Waals surface area (Å²) >= 11 is 0. The summed E-state index contributed by atoms with van der Waals surface area (Å²) in [6.07, 6.45) is 3.48. The van der Waals surface area contributed by atoms with Crippen LogP contribution in [0.1, 0.15) is 26.2 Å². The van der Waals surface area contributed by atoms with Crippen LogP contribution in [-0.4, -0.2) is 38.6 Å². The minimum absolute atomic E-state index is 0.883. The molecule has 0 aromatic rings. The molecule has 0 rings (SSSR count). The Kier molecular flexibility index (Phi) is 8.34. The summed E-state index contributed by atoms with van der Waals surface area (Å²) in [4.78, 5) is 2.20. The Hall–Kier alpha value is -0.440. The Morgan fingerprint density at radius 2 is 1.67 bits per heavy atom. The van der Waals surface area contributed by atoms with Gasteiger partial charge in [0.25, 0.3) is 0 Å². The van der Waals surface area contributed by atoms with Gasteiger partial charge >= 0.3 is 0 Å². The molecular formula is C9H21N3. The van der Waals surface area contributed by atoms with Crippen molar-refractivity contribution in [2.24, 2.45) is 10.2 Å². The number of rotatable bonds is 7. The van der Waals surface area contributed by atoms with Crippen molar-refractivity contribution >= 4 is 0 Å². The maximum absolute atomic E-state index is 4.06. The highest BCUT2D eigenvalue weighted by Gasteiger charge is 1.89. The van der Waals surface area contributed by atoms with Crippen LogP contribution in [0.25, 0.3) is 0 Å². The van der Waals surface area contributed by atoms with Gasteiger partial charge in [-0.1, -0.05) is 6.92 Å². The number of unbranched alkanes of at least 4 members (excludes halogenated alkanes) is 1. The molecule has 0 aliphatic rings. The molecule has 0 amide bonds. The van der Waals surface area contributed by atoms with E-state index in [0.717, 1.165) is 32.5 Å². The first-order valence-electron chi connectivity index (χ1n) is 4.75. The van der Waals surface area contributed by atoms with E-state index in [9.17, 15) is 0 Å². The van der Waals surface area contributed by atoms with E-state index in [1.807, 2.05) is 0 Å². The first-order chi connectivity index (χ1) is 5.77. The first-order valence-corrected chi connectivity index (χ1v) is 4.75. The minimum Gasteiger partial charge on any atom is -0.309 e. The predicted molar refractivity (Wildman–Crippen MR) is 52.7 cm³/mol. The Labute approximate surface area is 75.9 Å². The number of hydrogen-bond acceptors (Lipinski definition) is 3. The van der Waals surface area contributed by atoms with E-state index in [-0.39, 0.29) is 0 Å². The van der Waals surface area contributed by atoms with Gasteiger partial charge < -0.3 is 4.90 Å². The standard InChI is InChI=1S/C9H21N3/c1-4-7-10-11-8-5-6-9-12(2)3/h4-9H2,1-3H3. The number of azo groups is 1. The van der Waals surface area contributed by atoms with E-state index in [1.54, 1.807) is 0 Å². The van der Waals surface area contributed by atoms with Gasteiger partial charge in [0.2, 0.25) is 0 Å². The highest BCUT2D eigenvalue weighted by Crippen LogP contribution is 1.92. The van der Waals surface area contributed by atoms with E-state index >= 15 is 0 Å². The second-order valence-corrected chi connectivity index (χ2v) is 3.24. The largest absolute Gasteiger partial charge is 0.309 e. The monoisotopic (exact) mass is 171 g/mol. The Bertz CT molecular complexity index is 110. The van der Waals surface area contributed by atoms with Crippen LogP contribution in [0, 0.1) is 0 Å². The maximum atomic E-state index is 4.06. The molecule has 0 atom stereocenters. The van der Waals surface area contributed by atoms with Crippen molar-refractivity contribution in [1.29, 1.82) is 0 Å². The lowest BCUT2D eigenvalue weighted by atomic mass is 10.3. The SMILES string of the molecule is CCCN=NCCCCN(C)C. The van der Waals surface area contributed by atoms with Crippen molar-refractivity contribution in [3.05, 3.63) is 0 Å². The summed E-state index contributed by atoms with van der Waals surface area (Å²) in [5.41, 5.74) is 0. The third-order valence-corrected chi connectivity index (χ3v) is 1.54. The molecule has 3 heteroatoms. The molecule has 0 heterocycles. The van der Waals surface area contributed by atoms with Gasteiger partial charge in [0.05, 0.1) is 13.1 Å². The highest BCUT2D eigenvalue weighted by molar-refractivity contribution is 4.47. The normalized spacial score (nSPS) is 11.7. The summed E-state index contributed by atoms with van der Waals surface area (Å²) in [5, 5.41) is 8.08. The molecule has 3 nitrogen and oxygen atoms in total. The van der Waals surface area contributed by atoms with Crippen LogP contribution in [0.5, 0.6) is 0 Å². The molecule has 0 bridgehead atoms. The molecule has 0 aromatic carbocycles. The summed E-state index contributed by atoms with van der Waals surface area (Å²) in [6, 6.07) is 0. The van der Waals surface area contributed by atoms with Crippen LogP contribution in [-0.2, 0) is 0 Å². The van der Waals surface area contributed by atoms with E-state index < -0.39 is 0 Å². The fraction of sp³-hybridized carbons (Fsp3) is 1.00.